The molecule has 0 aliphatic heterocycles. The van der Waals surface area contributed by atoms with Crippen molar-refractivity contribution in [2.45, 2.75) is 6.04 Å². The highest BCUT2D eigenvalue weighted by atomic mass is 79.9. The average Bonchev–Trinajstić information content (AvgIpc) is 2.30. The lowest BCUT2D eigenvalue weighted by Crippen LogP contribution is -2.28. The van der Waals surface area contributed by atoms with Crippen molar-refractivity contribution >= 4 is 15.9 Å². The smallest absolute Gasteiger partial charge is 0.118 e. The van der Waals surface area contributed by atoms with Crippen LogP contribution in [0.3, 0.4) is 0 Å². The third-order valence-corrected chi connectivity index (χ3v) is 2.88. The molecule has 0 unspecified atom stereocenters. The number of aliphatic hydroxyl groups is 1. The van der Waals surface area contributed by atoms with Crippen LogP contribution in [-0.2, 0) is 0 Å². The number of rotatable bonds is 6. The van der Waals surface area contributed by atoms with E-state index in [9.17, 15) is 5.11 Å². The van der Waals surface area contributed by atoms with E-state index in [-0.39, 0.29) is 12.6 Å². The quantitative estimate of drug-likeness (QED) is 0.876. The summed E-state index contributed by atoms with van der Waals surface area (Å²) in [5, 5.41) is 9.47. The number of hydrogen-bond acceptors (Lipinski definition) is 3. The van der Waals surface area contributed by atoms with Gasteiger partial charge in [-0.3, -0.25) is 4.90 Å². The molecule has 1 atom stereocenters. The Morgan fingerprint density at radius 2 is 2.06 bits per heavy atom. The highest BCUT2D eigenvalue weighted by molar-refractivity contribution is 9.11. The minimum atomic E-state index is -0.0322. The van der Waals surface area contributed by atoms with Crippen LogP contribution in [0.1, 0.15) is 11.6 Å². The number of halogens is 1. The standard InChI is InChI=1S/C13H18BrNO2/c1-10(14)8-15(2)13(9-16)11-4-6-12(17-3)7-5-11/h4-7,13,16H,1,8-9H2,2-3H3/t13-/m1/s1. The Bertz CT molecular complexity index is 364. The summed E-state index contributed by atoms with van der Waals surface area (Å²) in [5.74, 6) is 0.818. The van der Waals surface area contributed by atoms with Gasteiger partial charge in [-0.1, -0.05) is 34.6 Å². The second-order valence-electron chi connectivity index (χ2n) is 3.90. The average molecular weight is 300 g/mol. The van der Waals surface area contributed by atoms with Gasteiger partial charge >= 0.3 is 0 Å². The molecule has 1 aromatic carbocycles. The molecule has 0 heterocycles. The molecule has 3 nitrogen and oxygen atoms in total. The Labute approximate surface area is 111 Å². The zero-order valence-electron chi connectivity index (χ0n) is 10.2. The third kappa shape index (κ3) is 4.15. The first kappa shape index (κ1) is 14.2. The molecular formula is C13H18BrNO2. The Morgan fingerprint density at radius 3 is 2.47 bits per heavy atom. The Balaban J connectivity index is 2.81. The summed E-state index contributed by atoms with van der Waals surface area (Å²) in [5.41, 5.74) is 1.06. The molecule has 0 spiro atoms. The molecule has 0 saturated carbocycles. The van der Waals surface area contributed by atoms with Gasteiger partial charge in [0.25, 0.3) is 0 Å². The molecule has 0 fully saturated rings. The topological polar surface area (TPSA) is 32.7 Å². The van der Waals surface area contributed by atoms with E-state index in [1.165, 1.54) is 0 Å². The van der Waals surface area contributed by atoms with Crippen molar-refractivity contribution in [1.82, 2.24) is 4.90 Å². The maximum Gasteiger partial charge on any atom is 0.118 e. The molecule has 94 valence electrons. The molecule has 0 aliphatic carbocycles. The summed E-state index contributed by atoms with van der Waals surface area (Å²) in [6, 6.07) is 7.69. The lowest BCUT2D eigenvalue weighted by Gasteiger charge is -2.26. The molecule has 4 heteroatoms. The minimum absolute atomic E-state index is 0.0322. The van der Waals surface area contributed by atoms with Gasteiger partial charge < -0.3 is 9.84 Å². The Hall–Kier alpha value is -0.840. The van der Waals surface area contributed by atoms with E-state index >= 15 is 0 Å². The van der Waals surface area contributed by atoms with Gasteiger partial charge in [0.2, 0.25) is 0 Å². The predicted molar refractivity (Wildman–Crippen MR) is 73.5 cm³/mol. The first-order valence-corrected chi connectivity index (χ1v) is 6.16. The first-order valence-electron chi connectivity index (χ1n) is 5.36. The van der Waals surface area contributed by atoms with E-state index in [1.54, 1.807) is 7.11 Å². The van der Waals surface area contributed by atoms with Crippen LogP contribution in [0.5, 0.6) is 5.75 Å². The van der Waals surface area contributed by atoms with Crippen molar-refractivity contribution in [3.63, 3.8) is 0 Å². The fraction of sp³-hybridized carbons (Fsp3) is 0.385. The van der Waals surface area contributed by atoms with Crippen molar-refractivity contribution < 1.29 is 9.84 Å². The van der Waals surface area contributed by atoms with Crippen molar-refractivity contribution in [2.24, 2.45) is 0 Å². The monoisotopic (exact) mass is 299 g/mol. The largest absolute Gasteiger partial charge is 0.497 e. The number of benzene rings is 1. The van der Waals surface area contributed by atoms with Crippen LogP contribution >= 0.6 is 15.9 Å². The summed E-state index contributed by atoms with van der Waals surface area (Å²) in [6.07, 6.45) is 0. The summed E-state index contributed by atoms with van der Waals surface area (Å²) in [6.45, 7) is 4.57. The predicted octanol–water partition coefficient (Wildman–Crippen LogP) is 2.57. The van der Waals surface area contributed by atoms with Gasteiger partial charge in [-0.2, -0.15) is 0 Å². The number of ether oxygens (including phenoxy) is 1. The van der Waals surface area contributed by atoms with Gasteiger partial charge in [0.05, 0.1) is 19.8 Å². The zero-order chi connectivity index (χ0) is 12.8. The van der Waals surface area contributed by atoms with Crippen molar-refractivity contribution in [3.8, 4) is 5.75 Å². The minimum Gasteiger partial charge on any atom is -0.497 e. The highest BCUT2D eigenvalue weighted by Gasteiger charge is 2.16. The molecule has 0 radical (unpaired) electrons. The molecule has 1 N–H and O–H groups in total. The summed E-state index contributed by atoms with van der Waals surface area (Å²) < 4.78 is 6.01. The van der Waals surface area contributed by atoms with Crippen LogP contribution in [0.4, 0.5) is 0 Å². The normalized spacial score (nSPS) is 12.5. The maximum atomic E-state index is 9.47. The summed E-state index contributed by atoms with van der Waals surface area (Å²) in [4.78, 5) is 2.04. The lowest BCUT2D eigenvalue weighted by molar-refractivity contribution is 0.158. The van der Waals surface area contributed by atoms with Crippen LogP contribution in [0.25, 0.3) is 0 Å². The van der Waals surface area contributed by atoms with Crippen molar-refractivity contribution in [2.75, 3.05) is 27.3 Å². The van der Waals surface area contributed by atoms with Gasteiger partial charge in [-0.25, -0.2) is 0 Å². The van der Waals surface area contributed by atoms with Crippen LogP contribution in [0.15, 0.2) is 35.3 Å². The summed E-state index contributed by atoms with van der Waals surface area (Å²) >= 11 is 3.33. The SMILES string of the molecule is C=C(Br)CN(C)[C@H](CO)c1ccc(OC)cc1. The van der Waals surface area contributed by atoms with E-state index in [0.29, 0.717) is 6.54 Å². The molecule has 0 amide bonds. The van der Waals surface area contributed by atoms with Gasteiger partial charge in [-0.15, -0.1) is 0 Å². The second-order valence-corrected chi connectivity index (χ2v) is 5.03. The van der Waals surface area contributed by atoms with E-state index in [4.69, 9.17) is 4.74 Å². The van der Waals surface area contributed by atoms with E-state index < -0.39 is 0 Å². The lowest BCUT2D eigenvalue weighted by atomic mass is 10.1. The van der Waals surface area contributed by atoms with Crippen LogP contribution in [0, 0.1) is 0 Å². The molecular weight excluding hydrogens is 282 g/mol. The van der Waals surface area contributed by atoms with E-state index in [1.807, 2.05) is 36.2 Å². The molecule has 1 aromatic rings. The fourth-order valence-corrected chi connectivity index (χ4v) is 2.10. The fourth-order valence-electron chi connectivity index (χ4n) is 1.71. The molecule has 17 heavy (non-hydrogen) atoms. The number of hydrogen-bond donors (Lipinski definition) is 1. The number of likely N-dealkylation sites (N-methyl/N-ethyl adjacent to an activating group) is 1. The number of nitrogens with zero attached hydrogens (tertiary/aromatic N) is 1. The van der Waals surface area contributed by atoms with Gasteiger partial charge in [0, 0.05) is 11.0 Å². The van der Waals surface area contributed by atoms with Gasteiger partial charge in [0.15, 0.2) is 0 Å². The maximum absolute atomic E-state index is 9.47. The molecule has 0 bridgehead atoms. The van der Waals surface area contributed by atoms with E-state index in [2.05, 4.69) is 22.5 Å². The van der Waals surface area contributed by atoms with Gasteiger partial charge in [-0.05, 0) is 24.7 Å². The highest BCUT2D eigenvalue weighted by Crippen LogP contribution is 2.22. The number of aliphatic hydroxyl groups excluding tert-OH is 1. The van der Waals surface area contributed by atoms with Crippen molar-refractivity contribution in [3.05, 3.63) is 40.9 Å². The second kappa shape index (κ2) is 6.79. The van der Waals surface area contributed by atoms with Crippen LogP contribution in [-0.4, -0.2) is 37.3 Å². The molecule has 0 aliphatic rings. The van der Waals surface area contributed by atoms with Gasteiger partial charge in [0.1, 0.15) is 5.75 Å². The van der Waals surface area contributed by atoms with E-state index in [0.717, 1.165) is 15.8 Å². The number of methoxy groups -OCH3 is 1. The molecule has 1 rings (SSSR count). The van der Waals surface area contributed by atoms with Crippen molar-refractivity contribution in [1.29, 1.82) is 0 Å². The third-order valence-electron chi connectivity index (χ3n) is 2.63. The molecule has 0 aromatic heterocycles. The zero-order valence-corrected chi connectivity index (χ0v) is 11.8. The first-order chi connectivity index (χ1) is 8.08. The summed E-state index contributed by atoms with van der Waals surface area (Å²) in [7, 11) is 3.59. The van der Waals surface area contributed by atoms with Crippen LogP contribution < -0.4 is 4.74 Å². The molecule has 0 saturated heterocycles. The van der Waals surface area contributed by atoms with Crippen LogP contribution in [0.2, 0.25) is 0 Å². The Kier molecular flexibility index (Phi) is 5.68. The Morgan fingerprint density at radius 1 is 1.47 bits per heavy atom.